The van der Waals surface area contributed by atoms with Gasteiger partial charge in [-0.15, -0.1) is 0 Å². The largest absolute Gasteiger partial charge is 0.325 e. The summed E-state index contributed by atoms with van der Waals surface area (Å²) in [6, 6.07) is 13.5. The molecular formula is C18H16ClN3OS2. The number of hydrogen-bond acceptors (Lipinski definition) is 5. The molecule has 25 heavy (non-hydrogen) atoms. The maximum absolute atomic E-state index is 12.1. The highest BCUT2D eigenvalue weighted by molar-refractivity contribution is 8.01. The van der Waals surface area contributed by atoms with E-state index in [1.54, 1.807) is 6.07 Å². The van der Waals surface area contributed by atoms with Gasteiger partial charge in [0.05, 0.1) is 5.75 Å². The molecule has 0 saturated carbocycles. The molecule has 0 unspecified atom stereocenters. The molecule has 3 aromatic rings. The van der Waals surface area contributed by atoms with E-state index >= 15 is 0 Å². The summed E-state index contributed by atoms with van der Waals surface area (Å²) in [6.07, 6.45) is 0. The van der Waals surface area contributed by atoms with Gasteiger partial charge in [-0.1, -0.05) is 53.7 Å². The van der Waals surface area contributed by atoms with Crippen LogP contribution in [0.1, 0.15) is 11.1 Å². The van der Waals surface area contributed by atoms with Crippen LogP contribution in [0.15, 0.2) is 46.8 Å². The Bertz CT molecular complexity index is 911. The van der Waals surface area contributed by atoms with Crippen LogP contribution in [0.25, 0.3) is 11.4 Å². The number of amides is 1. The maximum Gasteiger partial charge on any atom is 0.234 e. The minimum absolute atomic E-state index is 0.0995. The topological polar surface area (TPSA) is 54.9 Å². The lowest BCUT2D eigenvalue weighted by Crippen LogP contribution is -2.13. The zero-order valence-corrected chi connectivity index (χ0v) is 16.1. The van der Waals surface area contributed by atoms with E-state index in [0.29, 0.717) is 16.5 Å². The molecule has 0 atom stereocenters. The molecule has 0 aliphatic carbocycles. The Balaban J connectivity index is 1.59. The molecule has 0 aliphatic heterocycles. The van der Waals surface area contributed by atoms with Gasteiger partial charge in [0.25, 0.3) is 0 Å². The number of nitrogens with zero attached hydrogens (tertiary/aromatic N) is 2. The first kappa shape index (κ1) is 17.9. The van der Waals surface area contributed by atoms with Crippen LogP contribution in [0, 0.1) is 13.8 Å². The van der Waals surface area contributed by atoms with Crippen molar-refractivity contribution in [1.29, 1.82) is 0 Å². The average molecular weight is 390 g/mol. The molecule has 0 fully saturated rings. The summed E-state index contributed by atoms with van der Waals surface area (Å²) in [4.78, 5) is 16.6. The number of carbonyl (C=O) groups excluding carboxylic acids is 1. The summed E-state index contributed by atoms with van der Waals surface area (Å²) < 4.78 is 5.16. The quantitative estimate of drug-likeness (QED) is 0.609. The molecule has 1 N–H and O–H groups in total. The van der Waals surface area contributed by atoms with E-state index in [1.807, 2.05) is 50.2 Å². The van der Waals surface area contributed by atoms with Crippen LogP contribution in [0.5, 0.6) is 0 Å². The van der Waals surface area contributed by atoms with Crippen LogP contribution < -0.4 is 5.32 Å². The van der Waals surface area contributed by atoms with E-state index in [9.17, 15) is 4.79 Å². The van der Waals surface area contributed by atoms with E-state index in [0.717, 1.165) is 21.0 Å². The summed E-state index contributed by atoms with van der Waals surface area (Å²) in [5.41, 5.74) is 3.82. The van der Waals surface area contributed by atoms with Crippen molar-refractivity contribution in [2.24, 2.45) is 0 Å². The van der Waals surface area contributed by atoms with Crippen LogP contribution in [-0.2, 0) is 4.79 Å². The molecule has 1 aromatic heterocycles. The number of halogens is 1. The van der Waals surface area contributed by atoms with Gasteiger partial charge in [0.2, 0.25) is 5.91 Å². The Morgan fingerprint density at radius 2 is 2.00 bits per heavy atom. The molecule has 7 heteroatoms. The van der Waals surface area contributed by atoms with Gasteiger partial charge in [-0.3, -0.25) is 4.79 Å². The Morgan fingerprint density at radius 1 is 1.20 bits per heavy atom. The second-order valence-electron chi connectivity index (χ2n) is 5.50. The molecule has 3 rings (SSSR count). The number of nitrogens with one attached hydrogen (secondary N) is 1. The Hall–Kier alpha value is -1.89. The minimum Gasteiger partial charge on any atom is -0.325 e. The zero-order valence-electron chi connectivity index (χ0n) is 13.7. The van der Waals surface area contributed by atoms with E-state index in [-0.39, 0.29) is 11.7 Å². The predicted molar refractivity (Wildman–Crippen MR) is 106 cm³/mol. The zero-order chi connectivity index (χ0) is 17.8. The first-order chi connectivity index (χ1) is 12.0. The number of benzene rings is 2. The first-order valence-electron chi connectivity index (χ1n) is 7.61. The number of thioether (sulfide) groups is 1. The molecular weight excluding hydrogens is 374 g/mol. The Morgan fingerprint density at radius 3 is 2.76 bits per heavy atom. The van der Waals surface area contributed by atoms with Crippen LogP contribution in [0.3, 0.4) is 0 Å². The second-order valence-corrected chi connectivity index (χ2v) is 7.88. The van der Waals surface area contributed by atoms with Crippen molar-refractivity contribution in [3.05, 3.63) is 58.6 Å². The summed E-state index contributed by atoms with van der Waals surface area (Å²) in [6.45, 7) is 3.95. The highest BCUT2D eigenvalue weighted by Crippen LogP contribution is 2.27. The van der Waals surface area contributed by atoms with Gasteiger partial charge >= 0.3 is 0 Å². The molecule has 1 amide bonds. The number of aryl methyl sites for hydroxylation is 2. The monoisotopic (exact) mass is 389 g/mol. The van der Waals surface area contributed by atoms with Gasteiger partial charge in [-0.25, -0.2) is 4.98 Å². The molecule has 2 aromatic carbocycles. The lowest BCUT2D eigenvalue weighted by Gasteiger charge is -2.06. The summed E-state index contributed by atoms with van der Waals surface area (Å²) in [5.74, 6) is 0.877. The van der Waals surface area contributed by atoms with Crippen molar-refractivity contribution >= 4 is 46.5 Å². The van der Waals surface area contributed by atoms with Crippen molar-refractivity contribution in [3.8, 4) is 11.4 Å². The van der Waals surface area contributed by atoms with E-state index < -0.39 is 0 Å². The Kier molecular flexibility index (Phi) is 5.73. The van der Waals surface area contributed by atoms with Crippen LogP contribution in [-0.4, -0.2) is 21.0 Å². The molecule has 4 nitrogen and oxygen atoms in total. The SMILES string of the molecule is Cc1ccc(NC(=O)CSc2nc(-c3ccccc3C)ns2)cc1Cl. The van der Waals surface area contributed by atoms with Crippen molar-refractivity contribution in [1.82, 2.24) is 9.36 Å². The second kappa shape index (κ2) is 7.99. The lowest BCUT2D eigenvalue weighted by atomic mass is 10.1. The van der Waals surface area contributed by atoms with E-state index in [1.165, 1.54) is 23.3 Å². The van der Waals surface area contributed by atoms with Crippen LogP contribution in [0.4, 0.5) is 5.69 Å². The van der Waals surface area contributed by atoms with E-state index in [2.05, 4.69) is 14.7 Å². The first-order valence-corrected chi connectivity index (χ1v) is 9.75. The van der Waals surface area contributed by atoms with Gasteiger partial charge in [0.15, 0.2) is 10.2 Å². The number of hydrogen-bond donors (Lipinski definition) is 1. The molecule has 0 spiro atoms. The smallest absolute Gasteiger partial charge is 0.234 e. The number of anilines is 1. The van der Waals surface area contributed by atoms with Crippen molar-refractivity contribution in [2.75, 3.05) is 11.1 Å². The van der Waals surface area contributed by atoms with Crippen molar-refractivity contribution in [3.63, 3.8) is 0 Å². The third-order valence-corrected chi connectivity index (χ3v) is 5.82. The third kappa shape index (κ3) is 4.60. The molecule has 0 bridgehead atoms. The van der Waals surface area contributed by atoms with Gasteiger partial charge < -0.3 is 5.32 Å². The van der Waals surface area contributed by atoms with Crippen LogP contribution >= 0.6 is 34.9 Å². The van der Waals surface area contributed by atoms with Gasteiger partial charge in [-0.2, -0.15) is 4.37 Å². The van der Waals surface area contributed by atoms with Gasteiger partial charge in [-0.05, 0) is 48.6 Å². The predicted octanol–water partition coefficient (Wildman–Crippen LogP) is 5.21. The Labute approximate surface area is 159 Å². The number of carbonyl (C=O) groups is 1. The molecule has 128 valence electrons. The standard InChI is InChI=1S/C18H16ClN3OS2/c1-11-5-3-4-6-14(11)17-21-18(25-22-17)24-10-16(23)20-13-8-7-12(2)15(19)9-13/h3-9H,10H2,1-2H3,(H,20,23). The van der Waals surface area contributed by atoms with Gasteiger partial charge in [0.1, 0.15) is 0 Å². The molecule has 0 saturated heterocycles. The molecule has 0 aliphatic rings. The van der Waals surface area contributed by atoms with Crippen molar-refractivity contribution < 1.29 is 4.79 Å². The normalized spacial score (nSPS) is 10.7. The minimum atomic E-state index is -0.0995. The van der Waals surface area contributed by atoms with Crippen molar-refractivity contribution in [2.45, 2.75) is 18.2 Å². The fourth-order valence-corrected chi connectivity index (χ4v) is 3.79. The third-order valence-electron chi connectivity index (χ3n) is 3.58. The molecule has 0 radical (unpaired) electrons. The summed E-state index contributed by atoms with van der Waals surface area (Å²) >= 11 is 8.75. The highest BCUT2D eigenvalue weighted by Gasteiger charge is 2.11. The van der Waals surface area contributed by atoms with Gasteiger partial charge in [0, 0.05) is 16.3 Å². The highest BCUT2D eigenvalue weighted by atomic mass is 35.5. The fraction of sp³-hybridized carbons (Fsp3) is 0.167. The molecule has 1 heterocycles. The lowest BCUT2D eigenvalue weighted by molar-refractivity contribution is -0.113. The summed E-state index contributed by atoms with van der Waals surface area (Å²) in [7, 11) is 0. The van der Waals surface area contributed by atoms with E-state index in [4.69, 9.17) is 11.6 Å². The fourth-order valence-electron chi connectivity index (χ4n) is 2.20. The maximum atomic E-state index is 12.1. The number of rotatable bonds is 5. The average Bonchev–Trinajstić information content (AvgIpc) is 3.05. The summed E-state index contributed by atoms with van der Waals surface area (Å²) in [5, 5.41) is 3.48. The van der Waals surface area contributed by atoms with Crippen LogP contribution in [0.2, 0.25) is 5.02 Å². The number of aromatic nitrogens is 2.